The van der Waals surface area contributed by atoms with Crippen molar-refractivity contribution in [1.82, 2.24) is 0 Å². The Balaban J connectivity index is 2.11. The molecule has 3 unspecified atom stereocenters. The SMILES string of the molecule is CC1CCC2(OC2C#N)c2ccccc21. The van der Waals surface area contributed by atoms with Gasteiger partial charge in [-0.25, -0.2) is 0 Å². The fourth-order valence-corrected chi connectivity index (χ4v) is 2.73. The summed E-state index contributed by atoms with van der Waals surface area (Å²) >= 11 is 0. The lowest BCUT2D eigenvalue weighted by molar-refractivity contribution is 0.265. The van der Waals surface area contributed by atoms with Gasteiger partial charge in [-0.2, -0.15) is 5.26 Å². The van der Waals surface area contributed by atoms with Crippen molar-refractivity contribution in [3.63, 3.8) is 0 Å². The Labute approximate surface area is 89.5 Å². The Hall–Kier alpha value is -1.33. The second-order valence-corrected chi connectivity index (χ2v) is 4.54. The van der Waals surface area contributed by atoms with Gasteiger partial charge in [0.05, 0.1) is 6.07 Å². The Bertz CT molecular complexity index is 448. The predicted molar refractivity (Wildman–Crippen MR) is 56.3 cm³/mol. The maximum atomic E-state index is 8.94. The molecule has 1 aliphatic carbocycles. The molecule has 0 amide bonds. The minimum atomic E-state index is -0.252. The van der Waals surface area contributed by atoms with Crippen LogP contribution in [-0.2, 0) is 10.3 Å². The second kappa shape index (κ2) is 2.84. The quantitative estimate of drug-likeness (QED) is 0.602. The molecule has 1 aromatic carbocycles. The van der Waals surface area contributed by atoms with E-state index in [-0.39, 0.29) is 11.7 Å². The number of hydrogen-bond donors (Lipinski definition) is 0. The lowest BCUT2D eigenvalue weighted by Gasteiger charge is -2.27. The molecule has 0 bridgehead atoms. The van der Waals surface area contributed by atoms with Crippen molar-refractivity contribution in [3.05, 3.63) is 35.4 Å². The summed E-state index contributed by atoms with van der Waals surface area (Å²) in [5.74, 6) is 0.593. The zero-order valence-electron chi connectivity index (χ0n) is 8.73. The molecule has 3 rings (SSSR count). The highest BCUT2D eigenvalue weighted by molar-refractivity contribution is 5.43. The fourth-order valence-electron chi connectivity index (χ4n) is 2.73. The summed E-state index contributed by atoms with van der Waals surface area (Å²) in [6, 6.07) is 10.6. The summed E-state index contributed by atoms with van der Waals surface area (Å²) in [4.78, 5) is 0. The molecule has 1 fully saturated rings. The van der Waals surface area contributed by atoms with Crippen LogP contribution in [0.2, 0.25) is 0 Å². The van der Waals surface area contributed by atoms with Gasteiger partial charge in [-0.15, -0.1) is 0 Å². The van der Waals surface area contributed by atoms with Gasteiger partial charge in [0.25, 0.3) is 0 Å². The molecule has 1 saturated heterocycles. The summed E-state index contributed by atoms with van der Waals surface area (Å²) in [6.45, 7) is 2.25. The number of benzene rings is 1. The molecule has 0 radical (unpaired) electrons. The maximum Gasteiger partial charge on any atom is 0.178 e. The fraction of sp³-hybridized carbons (Fsp3) is 0.462. The van der Waals surface area contributed by atoms with Crippen LogP contribution in [0.4, 0.5) is 0 Å². The van der Waals surface area contributed by atoms with Gasteiger partial charge in [0, 0.05) is 0 Å². The first-order chi connectivity index (χ1) is 7.28. The third-order valence-electron chi connectivity index (χ3n) is 3.71. The minimum absolute atomic E-state index is 0.217. The molecule has 1 aliphatic heterocycles. The standard InChI is InChI=1S/C13H13NO/c1-9-6-7-13(12(8-14)15-13)11-5-3-2-4-10(9)11/h2-5,9,12H,6-7H2,1H3. The van der Waals surface area contributed by atoms with Gasteiger partial charge in [-0.05, 0) is 29.9 Å². The van der Waals surface area contributed by atoms with Crippen LogP contribution < -0.4 is 0 Å². The molecule has 3 atom stereocenters. The average molecular weight is 199 g/mol. The van der Waals surface area contributed by atoms with Gasteiger partial charge in [-0.3, -0.25) is 0 Å². The highest BCUT2D eigenvalue weighted by Crippen LogP contribution is 2.55. The molecule has 2 heteroatoms. The minimum Gasteiger partial charge on any atom is -0.345 e. The molecule has 1 spiro atoms. The second-order valence-electron chi connectivity index (χ2n) is 4.54. The third-order valence-corrected chi connectivity index (χ3v) is 3.71. The molecular weight excluding hydrogens is 186 g/mol. The summed E-state index contributed by atoms with van der Waals surface area (Å²) < 4.78 is 5.61. The van der Waals surface area contributed by atoms with Gasteiger partial charge < -0.3 is 4.74 Å². The van der Waals surface area contributed by atoms with Crippen LogP contribution in [0.15, 0.2) is 24.3 Å². The number of nitriles is 1. The molecule has 15 heavy (non-hydrogen) atoms. The van der Waals surface area contributed by atoms with Crippen molar-refractivity contribution in [3.8, 4) is 6.07 Å². The van der Waals surface area contributed by atoms with E-state index in [4.69, 9.17) is 10.00 Å². The van der Waals surface area contributed by atoms with Crippen LogP contribution in [0.1, 0.15) is 36.8 Å². The smallest absolute Gasteiger partial charge is 0.178 e. The first-order valence-corrected chi connectivity index (χ1v) is 5.45. The number of epoxide rings is 1. The largest absolute Gasteiger partial charge is 0.345 e. The predicted octanol–water partition coefficient (Wildman–Crippen LogP) is 2.70. The first-order valence-electron chi connectivity index (χ1n) is 5.45. The normalized spacial score (nSPS) is 37.1. The number of hydrogen-bond acceptors (Lipinski definition) is 2. The number of ether oxygens (including phenoxy) is 1. The number of rotatable bonds is 0. The van der Waals surface area contributed by atoms with Crippen molar-refractivity contribution in [2.24, 2.45) is 0 Å². The van der Waals surface area contributed by atoms with E-state index < -0.39 is 0 Å². The van der Waals surface area contributed by atoms with Crippen molar-refractivity contribution in [2.75, 3.05) is 0 Å². The van der Waals surface area contributed by atoms with Crippen LogP contribution in [0.5, 0.6) is 0 Å². The Morgan fingerprint density at radius 3 is 3.00 bits per heavy atom. The summed E-state index contributed by atoms with van der Waals surface area (Å²) in [7, 11) is 0. The van der Waals surface area contributed by atoms with E-state index in [2.05, 4.69) is 31.2 Å². The van der Waals surface area contributed by atoms with E-state index in [1.807, 2.05) is 6.07 Å². The number of nitrogens with zero attached hydrogens (tertiary/aromatic N) is 1. The van der Waals surface area contributed by atoms with Crippen molar-refractivity contribution < 1.29 is 4.74 Å². The van der Waals surface area contributed by atoms with Crippen molar-refractivity contribution >= 4 is 0 Å². The van der Waals surface area contributed by atoms with Gasteiger partial charge in [0.15, 0.2) is 6.10 Å². The summed E-state index contributed by atoms with van der Waals surface area (Å²) in [5, 5.41) is 8.94. The topological polar surface area (TPSA) is 36.3 Å². The van der Waals surface area contributed by atoms with Crippen LogP contribution in [0.25, 0.3) is 0 Å². The van der Waals surface area contributed by atoms with Gasteiger partial charge in [0.1, 0.15) is 5.60 Å². The molecule has 2 nitrogen and oxygen atoms in total. The van der Waals surface area contributed by atoms with E-state index in [0.717, 1.165) is 12.8 Å². The molecule has 1 aromatic rings. The lowest BCUT2D eigenvalue weighted by atomic mass is 9.76. The monoisotopic (exact) mass is 199 g/mol. The van der Waals surface area contributed by atoms with Crippen LogP contribution in [-0.4, -0.2) is 6.10 Å². The van der Waals surface area contributed by atoms with Crippen molar-refractivity contribution in [2.45, 2.75) is 37.4 Å². The van der Waals surface area contributed by atoms with E-state index >= 15 is 0 Å². The zero-order chi connectivity index (χ0) is 10.5. The zero-order valence-corrected chi connectivity index (χ0v) is 8.73. The third kappa shape index (κ3) is 1.07. The molecule has 0 saturated carbocycles. The molecule has 76 valence electrons. The number of fused-ring (bicyclic) bond motifs is 2. The van der Waals surface area contributed by atoms with Gasteiger partial charge in [-0.1, -0.05) is 31.2 Å². The maximum absolute atomic E-state index is 8.94. The highest BCUT2D eigenvalue weighted by Gasteiger charge is 2.60. The van der Waals surface area contributed by atoms with E-state index in [1.165, 1.54) is 11.1 Å². The van der Waals surface area contributed by atoms with Crippen LogP contribution >= 0.6 is 0 Å². The Morgan fingerprint density at radius 2 is 2.27 bits per heavy atom. The highest BCUT2D eigenvalue weighted by atomic mass is 16.6. The molecule has 2 aliphatic rings. The van der Waals surface area contributed by atoms with E-state index in [1.54, 1.807) is 0 Å². The van der Waals surface area contributed by atoms with Gasteiger partial charge in [0.2, 0.25) is 0 Å². The van der Waals surface area contributed by atoms with E-state index in [0.29, 0.717) is 5.92 Å². The Kier molecular flexibility index (Phi) is 1.69. The Morgan fingerprint density at radius 1 is 1.47 bits per heavy atom. The molecular formula is C13H13NO. The van der Waals surface area contributed by atoms with Crippen LogP contribution in [0, 0.1) is 11.3 Å². The molecule has 0 N–H and O–H groups in total. The first kappa shape index (κ1) is 8.94. The average Bonchev–Trinajstić information content (AvgIpc) is 2.99. The lowest BCUT2D eigenvalue weighted by Crippen LogP contribution is -2.21. The molecule has 1 heterocycles. The van der Waals surface area contributed by atoms with Gasteiger partial charge >= 0.3 is 0 Å². The van der Waals surface area contributed by atoms with Crippen molar-refractivity contribution in [1.29, 1.82) is 5.26 Å². The summed E-state index contributed by atoms with van der Waals surface area (Å²) in [5.41, 5.74) is 2.36. The van der Waals surface area contributed by atoms with E-state index in [9.17, 15) is 0 Å². The summed E-state index contributed by atoms with van der Waals surface area (Å²) in [6.07, 6.45) is 1.89. The van der Waals surface area contributed by atoms with Crippen LogP contribution in [0.3, 0.4) is 0 Å². The molecule has 0 aromatic heterocycles.